The molecule has 9 nitrogen and oxygen atoms in total. The van der Waals surface area contributed by atoms with E-state index in [2.05, 4.69) is 20.6 Å². The molecule has 31 heavy (non-hydrogen) atoms. The van der Waals surface area contributed by atoms with Crippen molar-refractivity contribution in [1.29, 1.82) is 0 Å². The molecule has 0 aliphatic carbocycles. The number of ether oxygens (including phenoxy) is 1. The summed E-state index contributed by atoms with van der Waals surface area (Å²) in [6.45, 7) is 1.29. The highest BCUT2D eigenvalue weighted by Crippen LogP contribution is 2.24. The molecule has 0 bridgehead atoms. The number of nitrogens with zero attached hydrogens (tertiary/aromatic N) is 2. The molecule has 0 radical (unpaired) electrons. The van der Waals surface area contributed by atoms with Crippen LogP contribution in [0.15, 0.2) is 40.7 Å². The fourth-order valence-electron chi connectivity index (χ4n) is 2.93. The first kappa shape index (κ1) is 22.3. The number of aromatic nitrogens is 1. The van der Waals surface area contributed by atoms with Gasteiger partial charge in [0.05, 0.1) is 11.7 Å². The maximum Gasteiger partial charge on any atom is 0.341 e. The highest BCUT2D eigenvalue weighted by Gasteiger charge is 2.26. The molecule has 1 aromatic heterocycles. The molecule has 2 N–H and O–H groups in total. The van der Waals surface area contributed by atoms with Gasteiger partial charge in [-0.15, -0.1) is 11.3 Å². The number of benzene rings is 1. The summed E-state index contributed by atoms with van der Waals surface area (Å²) in [4.78, 5) is 55.0. The second-order valence-corrected chi connectivity index (χ2v) is 7.77. The van der Waals surface area contributed by atoms with Crippen molar-refractivity contribution in [2.75, 3.05) is 11.9 Å². The van der Waals surface area contributed by atoms with Crippen LogP contribution >= 0.6 is 11.3 Å². The lowest BCUT2D eigenvalue weighted by Crippen LogP contribution is -2.32. The lowest BCUT2D eigenvalue weighted by Gasteiger charge is -2.06. The van der Waals surface area contributed by atoms with Gasteiger partial charge in [0, 0.05) is 23.8 Å². The summed E-state index contributed by atoms with van der Waals surface area (Å²) in [7, 11) is 0. The Balaban J connectivity index is 1.32. The van der Waals surface area contributed by atoms with Gasteiger partial charge >= 0.3 is 12.0 Å². The summed E-state index contributed by atoms with van der Waals surface area (Å²) in [5.41, 5.74) is 1.92. The van der Waals surface area contributed by atoms with E-state index in [0.717, 1.165) is 11.3 Å². The Hall–Kier alpha value is -3.40. The molecule has 10 heteroatoms. The van der Waals surface area contributed by atoms with Gasteiger partial charge in [0.25, 0.3) is 5.91 Å². The van der Waals surface area contributed by atoms with Gasteiger partial charge in [-0.05, 0) is 19.8 Å². The molecule has 1 unspecified atom stereocenters. The van der Waals surface area contributed by atoms with Crippen LogP contribution in [0.5, 0.6) is 0 Å². The van der Waals surface area contributed by atoms with Crippen LogP contribution in [0.25, 0.3) is 11.3 Å². The Labute approximate surface area is 182 Å². The Morgan fingerprint density at radius 1 is 1.16 bits per heavy atom. The Morgan fingerprint density at radius 3 is 2.61 bits per heavy atom. The average Bonchev–Trinajstić information content (AvgIpc) is 3.36. The topological polar surface area (TPSA) is 127 Å². The van der Waals surface area contributed by atoms with Crippen LogP contribution in [-0.2, 0) is 19.1 Å². The van der Waals surface area contributed by atoms with Crippen molar-refractivity contribution < 1.29 is 23.9 Å². The standard InChI is InChI=1S/C21H22N4O5S/c1-13-19(25-20(29)22-13)16(26)9-5-6-10-18(28)30-11-17(27)24-21-23-15(12-31-21)14-7-3-2-4-8-14/h2-4,7-8,12-13H,5-6,9-11H2,1H3,(H,22,29)(H,23,24,27). The van der Waals surface area contributed by atoms with Gasteiger partial charge in [-0.25, -0.2) is 9.78 Å². The normalized spacial score (nSPS) is 15.2. The van der Waals surface area contributed by atoms with Crippen molar-refractivity contribution in [3.8, 4) is 11.3 Å². The zero-order valence-electron chi connectivity index (χ0n) is 16.9. The van der Waals surface area contributed by atoms with Crippen LogP contribution in [0.1, 0.15) is 32.6 Å². The summed E-state index contributed by atoms with van der Waals surface area (Å²) in [6.07, 6.45) is 1.18. The predicted octanol–water partition coefficient (Wildman–Crippen LogP) is 2.97. The van der Waals surface area contributed by atoms with Gasteiger partial charge < -0.3 is 10.1 Å². The van der Waals surface area contributed by atoms with Gasteiger partial charge in [0.2, 0.25) is 0 Å². The van der Waals surface area contributed by atoms with Crippen molar-refractivity contribution in [3.63, 3.8) is 0 Å². The molecule has 1 aliphatic heterocycles. The fourth-order valence-corrected chi connectivity index (χ4v) is 3.66. The molecule has 2 heterocycles. The first-order chi connectivity index (χ1) is 14.9. The molecule has 3 amide bonds. The molecule has 0 spiro atoms. The van der Waals surface area contributed by atoms with Crippen LogP contribution in [-0.4, -0.2) is 47.0 Å². The van der Waals surface area contributed by atoms with Crippen LogP contribution in [0, 0.1) is 0 Å². The molecular weight excluding hydrogens is 420 g/mol. The number of rotatable bonds is 10. The largest absolute Gasteiger partial charge is 0.456 e. The minimum absolute atomic E-state index is 0.0924. The highest BCUT2D eigenvalue weighted by atomic mass is 32.1. The third-order valence-corrected chi connectivity index (χ3v) is 5.23. The number of esters is 1. The molecule has 0 saturated carbocycles. The van der Waals surface area contributed by atoms with E-state index < -0.39 is 24.5 Å². The Morgan fingerprint density at radius 2 is 1.90 bits per heavy atom. The van der Waals surface area contributed by atoms with Crippen LogP contribution < -0.4 is 10.6 Å². The number of thiazole rings is 1. The van der Waals surface area contributed by atoms with Crippen LogP contribution in [0.3, 0.4) is 0 Å². The molecule has 3 rings (SSSR count). The molecule has 1 aromatic carbocycles. The fraction of sp³-hybridized carbons (Fsp3) is 0.333. The summed E-state index contributed by atoms with van der Waals surface area (Å²) in [6, 6.07) is 8.68. The van der Waals surface area contributed by atoms with Crippen molar-refractivity contribution in [1.82, 2.24) is 10.3 Å². The second-order valence-electron chi connectivity index (χ2n) is 6.91. The van der Waals surface area contributed by atoms with E-state index in [1.165, 1.54) is 11.3 Å². The first-order valence-corrected chi connectivity index (χ1v) is 10.7. The SMILES string of the molecule is CC1NC(=O)N=C1C(=O)CCCCC(=O)OCC(=O)Nc1nc(-c2ccccc2)cs1. The number of carbonyl (C=O) groups is 4. The van der Waals surface area contributed by atoms with E-state index in [1.807, 2.05) is 35.7 Å². The van der Waals surface area contributed by atoms with E-state index >= 15 is 0 Å². The van der Waals surface area contributed by atoms with Gasteiger partial charge in [-0.3, -0.25) is 19.7 Å². The third-order valence-electron chi connectivity index (χ3n) is 4.48. The number of nitrogens with one attached hydrogen (secondary N) is 2. The van der Waals surface area contributed by atoms with Crippen molar-refractivity contribution in [2.45, 2.75) is 38.6 Å². The molecule has 1 atom stereocenters. The van der Waals surface area contributed by atoms with Crippen molar-refractivity contribution >= 4 is 45.9 Å². The Bertz CT molecular complexity index is 1000. The van der Waals surface area contributed by atoms with Gasteiger partial charge in [0.15, 0.2) is 17.5 Å². The van der Waals surface area contributed by atoms with E-state index in [9.17, 15) is 19.2 Å². The zero-order chi connectivity index (χ0) is 22.2. The minimum atomic E-state index is -0.518. The Kier molecular flexibility index (Phi) is 7.60. The monoisotopic (exact) mass is 442 g/mol. The van der Waals surface area contributed by atoms with Crippen molar-refractivity contribution in [2.24, 2.45) is 4.99 Å². The van der Waals surface area contributed by atoms with E-state index in [4.69, 9.17) is 4.74 Å². The van der Waals surface area contributed by atoms with E-state index in [1.54, 1.807) is 6.92 Å². The van der Waals surface area contributed by atoms with Gasteiger partial charge in [-0.2, -0.15) is 4.99 Å². The maximum atomic E-state index is 12.0. The quantitative estimate of drug-likeness (QED) is 0.430. The molecule has 0 saturated heterocycles. The van der Waals surface area contributed by atoms with Gasteiger partial charge in [-0.1, -0.05) is 30.3 Å². The second kappa shape index (κ2) is 10.6. The number of carbonyl (C=O) groups excluding carboxylic acids is 4. The predicted molar refractivity (Wildman–Crippen MR) is 116 cm³/mol. The average molecular weight is 442 g/mol. The van der Waals surface area contributed by atoms with E-state index in [-0.39, 0.29) is 30.4 Å². The molecular formula is C21H22N4O5S. The number of amides is 3. The molecule has 0 fully saturated rings. The lowest BCUT2D eigenvalue weighted by atomic mass is 10.0. The summed E-state index contributed by atoms with van der Waals surface area (Å²) < 4.78 is 4.97. The first-order valence-electron chi connectivity index (χ1n) is 9.81. The summed E-state index contributed by atoms with van der Waals surface area (Å²) >= 11 is 1.29. The number of hydrogen-bond donors (Lipinski definition) is 2. The number of ketones is 1. The highest BCUT2D eigenvalue weighted by molar-refractivity contribution is 7.14. The van der Waals surface area contributed by atoms with Crippen molar-refractivity contribution in [3.05, 3.63) is 35.7 Å². The number of anilines is 1. The number of Topliss-reactive ketones (excluding diaryl/α,β-unsaturated/α-hetero) is 1. The maximum absolute atomic E-state index is 12.0. The van der Waals surface area contributed by atoms with Crippen LogP contribution in [0.2, 0.25) is 0 Å². The molecule has 162 valence electrons. The van der Waals surface area contributed by atoms with E-state index in [0.29, 0.717) is 18.0 Å². The number of urea groups is 1. The smallest absolute Gasteiger partial charge is 0.341 e. The third kappa shape index (κ3) is 6.54. The number of unbranched alkanes of at least 4 members (excludes halogenated alkanes) is 1. The zero-order valence-corrected chi connectivity index (χ0v) is 17.7. The lowest BCUT2D eigenvalue weighted by molar-refractivity contribution is -0.147. The van der Waals surface area contributed by atoms with Crippen LogP contribution in [0.4, 0.5) is 9.93 Å². The molecule has 2 aromatic rings. The molecule has 1 aliphatic rings. The van der Waals surface area contributed by atoms with Gasteiger partial charge in [0.1, 0.15) is 5.71 Å². The summed E-state index contributed by atoms with van der Waals surface area (Å²) in [5.74, 6) is -1.20. The summed E-state index contributed by atoms with van der Waals surface area (Å²) in [5, 5.41) is 7.40. The minimum Gasteiger partial charge on any atom is -0.456 e. The number of hydrogen-bond acceptors (Lipinski definition) is 7. The number of aliphatic imine (C=N–C) groups is 1.